The Balaban J connectivity index is 1.41. The summed E-state index contributed by atoms with van der Waals surface area (Å²) in [5, 5.41) is 8.91. The van der Waals surface area contributed by atoms with Gasteiger partial charge < -0.3 is 14.7 Å². The van der Waals surface area contributed by atoms with Crippen LogP contribution < -0.4 is 4.74 Å². The minimum atomic E-state index is -1.03. The first-order valence-electron chi connectivity index (χ1n) is 9.39. The predicted octanol–water partition coefficient (Wildman–Crippen LogP) is 3.77. The van der Waals surface area contributed by atoms with Crippen LogP contribution >= 0.6 is 0 Å². The number of hydrogen-bond acceptors (Lipinski definition) is 4. The number of ether oxygens (including phenoxy) is 1. The van der Waals surface area contributed by atoms with E-state index < -0.39 is 5.97 Å². The molecule has 26 heavy (non-hydrogen) atoms. The summed E-state index contributed by atoms with van der Waals surface area (Å²) in [7, 11) is 0. The fraction of sp³-hybridized carbons (Fsp3) is 0.429. The molecule has 2 aromatic rings. The van der Waals surface area contributed by atoms with E-state index in [1.165, 1.54) is 49.2 Å². The van der Waals surface area contributed by atoms with E-state index in [0.29, 0.717) is 5.75 Å². The van der Waals surface area contributed by atoms with Gasteiger partial charge >= 0.3 is 5.97 Å². The van der Waals surface area contributed by atoms with Gasteiger partial charge in [-0.15, -0.1) is 0 Å². The molecule has 2 heterocycles. The highest BCUT2D eigenvalue weighted by Crippen LogP contribution is 2.29. The molecule has 1 saturated carbocycles. The molecule has 4 rings (SSSR count). The Morgan fingerprint density at radius 1 is 1.12 bits per heavy atom. The standard InChI is InChI=1S/C21H24N2O3/c24-21(25)20-7-6-19(13-22-20)26-18-5-4-16-8-10-23(11-9-17(16)12-18)14-15-2-1-3-15/h4-7,12-13,15H,1-3,8-11,14H2,(H,24,25). The number of carboxylic acid groups (broad SMARTS) is 1. The summed E-state index contributed by atoms with van der Waals surface area (Å²) in [4.78, 5) is 17.4. The first-order valence-corrected chi connectivity index (χ1v) is 9.39. The molecule has 136 valence electrons. The lowest BCUT2D eigenvalue weighted by Gasteiger charge is -2.31. The van der Waals surface area contributed by atoms with Gasteiger partial charge in [-0.25, -0.2) is 9.78 Å². The molecule has 1 aliphatic heterocycles. The highest BCUT2D eigenvalue weighted by molar-refractivity contribution is 5.85. The Hall–Kier alpha value is -2.40. The molecule has 0 unspecified atom stereocenters. The quantitative estimate of drug-likeness (QED) is 0.887. The predicted molar refractivity (Wildman–Crippen MR) is 98.9 cm³/mol. The summed E-state index contributed by atoms with van der Waals surface area (Å²) in [6.07, 6.45) is 7.80. The van der Waals surface area contributed by atoms with E-state index in [9.17, 15) is 4.79 Å². The number of aromatic carboxylic acids is 1. The van der Waals surface area contributed by atoms with Crippen LogP contribution in [0.5, 0.6) is 11.5 Å². The van der Waals surface area contributed by atoms with Gasteiger partial charge in [-0.05, 0) is 67.0 Å². The number of benzene rings is 1. The number of rotatable bonds is 5. The Morgan fingerprint density at radius 3 is 2.54 bits per heavy atom. The third kappa shape index (κ3) is 3.88. The lowest BCUT2D eigenvalue weighted by molar-refractivity contribution is 0.0690. The third-order valence-electron chi connectivity index (χ3n) is 5.50. The molecular formula is C21H24N2O3. The SMILES string of the molecule is O=C(O)c1ccc(Oc2ccc3c(c2)CCN(CC2CCC2)CC3)cn1. The van der Waals surface area contributed by atoms with Crippen molar-refractivity contribution in [2.75, 3.05) is 19.6 Å². The van der Waals surface area contributed by atoms with Gasteiger partial charge in [0.2, 0.25) is 0 Å². The van der Waals surface area contributed by atoms with Crippen molar-refractivity contribution in [3.05, 3.63) is 53.3 Å². The van der Waals surface area contributed by atoms with Gasteiger partial charge in [-0.2, -0.15) is 0 Å². The second-order valence-electron chi connectivity index (χ2n) is 7.31. The van der Waals surface area contributed by atoms with Crippen LogP contribution in [0, 0.1) is 5.92 Å². The van der Waals surface area contributed by atoms with Crippen molar-refractivity contribution in [2.24, 2.45) is 5.92 Å². The summed E-state index contributed by atoms with van der Waals surface area (Å²) < 4.78 is 5.87. The van der Waals surface area contributed by atoms with Crippen molar-refractivity contribution >= 4 is 5.97 Å². The molecule has 0 spiro atoms. The summed E-state index contributed by atoms with van der Waals surface area (Å²) in [5.41, 5.74) is 2.78. The summed E-state index contributed by atoms with van der Waals surface area (Å²) in [6.45, 7) is 3.50. The topological polar surface area (TPSA) is 62.7 Å². The lowest BCUT2D eigenvalue weighted by Crippen LogP contribution is -2.34. The Labute approximate surface area is 153 Å². The van der Waals surface area contributed by atoms with Crippen molar-refractivity contribution < 1.29 is 14.6 Å². The largest absolute Gasteiger partial charge is 0.477 e. The van der Waals surface area contributed by atoms with E-state index in [4.69, 9.17) is 9.84 Å². The second kappa shape index (κ2) is 7.46. The van der Waals surface area contributed by atoms with E-state index in [1.54, 1.807) is 6.07 Å². The highest BCUT2D eigenvalue weighted by atomic mass is 16.5. The smallest absolute Gasteiger partial charge is 0.354 e. The molecule has 0 atom stereocenters. The zero-order chi connectivity index (χ0) is 17.9. The molecule has 1 N–H and O–H groups in total. The van der Waals surface area contributed by atoms with E-state index in [2.05, 4.69) is 22.0 Å². The van der Waals surface area contributed by atoms with E-state index in [0.717, 1.165) is 37.6 Å². The Kier molecular flexibility index (Phi) is 4.89. The normalized spacial score (nSPS) is 17.8. The molecule has 5 nitrogen and oxygen atoms in total. The molecule has 1 aromatic heterocycles. The number of nitrogens with zero attached hydrogens (tertiary/aromatic N) is 2. The van der Waals surface area contributed by atoms with Crippen LogP contribution in [0.15, 0.2) is 36.5 Å². The van der Waals surface area contributed by atoms with Crippen molar-refractivity contribution in [1.29, 1.82) is 0 Å². The maximum atomic E-state index is 10.9. The molecular weight excluding hydrogens is 328 g/mol. The molecule has 0 radical (unpaired) electrons. The van der Waals surface area contributed by atoms with Crippen LogP contribution in [0.3, 0.4) is 0 Å². The zero-order valence-electron chi connectivity index (χ0n) is 14.9. The molecule has 5 heteroatoms. The first-order chi connectivity index (χ1) is 12.7. The fourth-order valence-corrected chi connectivity index (χ4v) is 3.74. The monoisotopic (exact) mass is 352 g/mol. The summed E-state index contributed by atoms with van der Waals surface area (Å²) in [5.74, 6) is 1.21. The van der Waals surface area contributed by atoms with Crippen molar-refractivity contribution in [3.8, 4) is 11.5 Å². The Bertz CT molecular complexity index is 784. The minimum Gasteiger partial charge on any atom is -0.477 e. The molecule has 1 aliphatic carbocycles. The Morgan fingerprint density at radius 2 is 1.88 bits per heavy atom. The fourth-order valence-electron chi connectivity index (χ4n) is 3.74. The molecule has 1 aromatic carbocycles. The van der Waals surface area contributed by atoms with E-state index >= 15 is 0 Å². The van der Waals surface area contributed by atoms with E-state index in [1.807, 2.05) is 6.07 Å². The number of carboxylic acids is 1. The molecule has 2 aliphatic rings. The number of hydrogen-bond donors (Lipinski definition) is 1. The summed E-state index contributed by atoms with van der Waals surface area (Å²) in [6, 6.07) is 9.37. The zero-order valence-corrected chi connectivity index (χ0v) is 14.9. The highest BCUT2D eigenvalue weighted by Gasteiger charge is 2.22. The van der Waals surface area contributed by atoms with Crippen LogP contribution in [-0.4, -0.2) is 40.6 Å². The molecule has 0 amide bonds. The maximum Gasteiger partial charge on any atom is 0.354 e. The van der Waals surface area contributed by atoms with Gasteiger partial charge in [0.15, 0.2) is 0 Å². The van der Waals surface area contributed by atoms with Crippen molar-refractivity contribution in [3.63, 3.8) is 0 Å². The van der Waals surface area contributed by atoms with Crippen molar-refractivity contribution in [1.82, 2.24) is 9.88 Å². The van der Waals surface area contributed by atoms with E-state index in [-0.39, 0.29) is 5.69 Å². The first kappa shape index (κ1) is 17.0. The van der Waals surface area contributed by atoms with Gasteiger partial charge in [0, 0.05) is 19.6 Å². The van der Waals surface area contributed by atoms with Crippen LogP contribution in [0.1, 0.15) is 40.9 Å². The molecule has 0 bridgehead atoms. The second-order valence-corrected chi connectivity index (χ2v) is 7.31. The number of fused-ring (bicyclic) bond motifs is 1. The average Bonchev–Trinajstić information content (AvgIpc) is 2.81. The van der Waals surface area contributed by atoms with Crippen LogP contribution in [0.4, 0.5) is 0 Å². The number of carbonyl (C=O) groups is 1. The molecule has 1 fully saturated rings. The minimum absolute atomic E-state index is 0.0193. The van der Waals surface area contributed by atoms with Gasteiger partial charge in [0.1, 0.15) is 17.2 Å². The number of aromatic nitrogens is 1. The maximum absolute atomic E-state index is 10.9. The average molecular weight is 352 g/mol. The van der Waals surface area contributed by atoms with Gasteiger partial charge in [-0.1, -0.05) is 12.5 Å². The lowest BCUT2D eigenvalue weighted by atomic mass is 9.85. The van der Waals surface area contributed by atoms with Gasteiger partial charge in [0.25, 0.3) is 0 Å². The van der Waals surface area contributed by atoms with Crippen molar-refractivity contribution in [2.45, 2.75) is 32.1 Å². The van der Waals surface area contributed by atoms with Crippen LogP contribution in [0.25, 0.3) is 0 Å². The van der Waals surface area contributed by atoms with Crippen LogP contribution in [0.2, 0.25) is 0 Å². The molecule has 0 saturated heterocycles. The summed E-state index contributed by atoms with van der Waals surface area (Å²) >= 11 is 0. The van der Waals surface area contributed by atoms with Gasteiger partial charge in [0.05, 0.1) is 6.20 Å². The number of pyridine rings is 1. The third-order valence-corrected chi connectivity index (χ3v) is 5.50. The van der Waals surface area contributed by atoms with Crippen LogP contribution in [-0.2, 0) is 12.8 Å². The van der Waals surface area contributed by atoms with Gasteiger partial charge in [-0.3, -0.25) is 0 Å².